The highest BCUT2D eigenvalue weighted by Crippen LogP contribution is 2.38. The first-order valence-electron chi connectivity index (χ1n) is 6.22. The van der Waals surface area contributed by atoms with Crippen LogP contribution in [0.5, 0.6) is 0 Å². The molecule has 4 nitrogen and oxygen atoms in total. The van der Waals surface area contributed by atoms with E-state index in [1.807, 2.05) is 0 Å². The molecule has 1 aliphatic heterocycles. The second-order valence-electron chi connectivity index (χ2n) is 4.98. The number of halogens is 2. The first-order valence-corrected chi connectivity index (χ1v) is 6.22. The van der Waals surface area contributed by atoms with Gasteiger partial charge < -0.3 is 9.64 Å². The molecular weight excluding hydrogens is 242 g/mol. The monoisotopic (exact) mass is 258 g/mol. The third-order valence-corrected chi connectivity index (χ3v) is 3.76. The van der Waals surface area contributed by atoms with Crippen molar-refractivity contribution in [2.45, 2.75) is 44.8 Å². The molecule has 1 saturated heterocycles. The molecule has 2 fully saturated rings. The maximum absolute atomic E-state index is 12.2. The van der Waals surface area contributed by atoms with Gasteiger partial charge in [0.15, 0.2) is 0 Å². The lowest BCUT2D eigenvalue weighted by molar-refractivity contribution is -0.201. The SMILES string of the molecule is N#CC1(C(=O)N2CC(OC(F)F)C2)CCCCC1. The number of nitriles is 1. The van der Waals surface area contributed by atoms with Crippen LogP contribution >= 0.6 is 0 Å². The minimum Gasteiger partial charge on any atom is -0.336 e. The summed E-state index contributed by atoms with van der Waals surface area (Å²) in [7, 11) is 0. The Hall–Kier alpha value is -1.22. The molecule has 1 saturated carbocycles. The first-order chi connectivity index (χ1) is 8.57. The summed E-state index contributed by atoms with van der Waals surface area (Å²) in [6.07, 6.45) is 3.38. The fourth-order valence-corrected chi connectivity index (χ4v) is 2.67. The molecule has 1 heterocycles. The van der Waals surface area contributed by atoms with Crippen molar-refractivity contribution in [3.63, 3.8) is 0 Å². The molecule has 0 N–H and O–H groups in total. The topological polar surface area (TPSA) is 53.3 Å². The number of carbonyl (C=O) groups is 1. The van der Waals surface area contributed by atoms with Crippen molar-refractivity contribution >= 4 is 5.91 Å². The molecule has 0 aromatic carbocycles. The van der Waals surface area contributed by atoms with E-state index in [9.17, 15) is 18.8 Å². The fraction of sp³-hybridized carbons (Fsp3) is 0.833. The van der Waals surface area contributed by atoms with Crippen LogP contribution in [-0.2, 0) is 9.53 Å². The van der Waals surface area contributed by atoms with Gasteiger partial charge in [-0.3, -0.25) is 4.79 Å². The maximum atomic E-state index is 12.2. The zero-order valence-corrected chi connectivity index (χ0v) is 10.1. The Morgan fingerprint density at radius 1 is 1.33 bits per heavy atom. The van der Waals surface area contributed by atoms with Crippen LogP contribution in [0, 0.1) is 16.7 Å². The summed E-state index contributed by atoms with van der Waals surface area (Å²) in [5, 5.41) is 9.24. The van der Waals surface area contributed by atoms with Gasteiger partial charge in [-0.1, -0.05) is 19.3 Å². The number of likely N-dealkylation sites (tertiary alicyclic amines) is 1. The minimum absolute atomic E-state index is 0.173. The van der Waals surface area contributed by atoms with Crippen LogP contribution in [0.25, 0.3) is 0 Å². The van der Waals surface area contributed by atoms with Crippen LogP contribution in [0.15, 0.2) is 0 Å². The number of hydrogen-bond acceptors (Lipinski definition) is 3. The summed E-state index contributed by atoms with van der Waals surface area (Å²) >= 11 is 0. The Morgan fingerprint density at radius 3 is 2.44 bits per heavy atom. The van der Waals surface area contributed by atoms with Gasteiger partial charge in [-0.2, -0.15) is 14.0 Å². The van der Waals surface area contributed by atoms with Crippen molar-refractivity contribution < 1.29 is 18.3 Å². The summed E-state index contributed by atoms with van der Waals surface area (Å²) < 4.78 is 28.2. The molecule has 18 heavy (non-hydrogen) atoms. The molecule has 100 valence electrons. The van der Waals surface area contributed by atoms with E-state index in [2.05, 4.69) is 10.8 Å². The highest BCUT2D eigenvalue weighted by Gasteiger charge is 2.46. The number of amides is 1. The van der Waals surface area contributed by atoms with E-state index < -0.39 is 18.1 Å². The molecule has 2 rings (SSSR count). The third kappa shape index (κ3) is 2.46. The molecule has 0 spiro atoms. The van der Waals surface area contributed by atoms with Crippen LogP contribution in [0.3, 0.4) is 0 Å². The number of rotatable bonds is 3. The van der Waals surface area contributed by atoms with Gasteiger partial charge in [0.1, 0.15) is 5.41 Å². The molecule has 0 unspecified atom stereocenters. The number of carbonyl (C=O) groups excluding carboxylic acids is 1. The molecule has 0 aromatic rings. The van der Waals surface area contributed by atoms with E-state index in [0.29, 0.717) is 12.8 Å². The van der Waals surface area contributed by atoms with Crippen LogP contribution in [0.1, 0.15) is 32.1 Å². The number of ether oxygens (including phenoxy) is 1. The fourth-order valence-electron chi connectivity index (χ4n) is 2.67. The Balaban J connectivity index is 1.90. The molecule has 0 bridgehead atoms. The molecule has 1 amide bonds. The molecule has 0 atom stereocenters. The van der Waals surface area contributed by atoms with E-state index in [0.717, 1.165) is 19.3 Å². The van der Waals surface area contributed by atoms with Crippen LogP contribution in [0.2, 0.25) is 0 Å². The quantitative estimate of drug-likeness (QED) is 0.777. The molecule has 1 aliphatic carbocycles. The predicted molar refractivity (Wildman–Crippen MR) is 58.6 cm³/mol. The summed E-state index contributed by atoms with van der Waals surface area (Å²) in [5.41, 5.74) is -0.923. The van der Waals surface area contributed by atoms with Crippen molar-refractivity contribution in [1.82, 2.24) is 4.90 Å². The van der Waals surface area contributed by atoms with Gasteiger partial charge in [-0.25, -0.2) is 0 Å². The van der Waals surface area contributed by atoms with Crippen molar-refractivity contribution in [1.29, 1.82) is 5.26 Å². The van der Waals surface area contributed by atoms with Gasteiger partial charge in [0.05, 0.1) is 12.2 Å². The molecule has 2 aliphatic rings. The van der Waals surface area contributed by atoms with E-state index >= 15 is 0 Å². The predicted octanol–water partition coefficient (Wildman–Crippen LogP) is 1.91. The average molecular weight is 258 g/mol. The lowest BCUT2D eigenvalue weighted by atomic mass is 9.73. The molecule has 0 radical (unpaired) electrons. The standard InChI is InChI=1S/C12H16F2N2O2/c13-11(14)18-9-6-16(7-9)10(17)12(8-15)4-2-1-3-5-12/h9,11H,1-7H2. The molecular formula is C12H16F2N2O2. The van der Waals surface area contributed by atoms with Gasteiger partial charge in [-0.15, -0.1) is 0 Å². The van der Waals surface area contributed by atoms with E-state index in [4.69, 9.17) is 0 Å². The normalized spacial score (nSPS) is 23.6. The van der Waals surface area contributed by atoms with Gasteiger partial charge in [0.25, 0.3) is 0 Å². The maximum Gasteiger partial charge on any atom is 0.345 e. The lowest BCUT2D eigenvalue weighted by Gasteiger charge is -2.43. The number of alkyl halides is 2. The van der Waals surface area contributed by atoms with E-state index in [-0.39, 0.29) is 19.0 Å². The van der Waals surface area contributed by atoms with Gasteiger partial charge in [0, 0.05) is 13.1 Å². The Labute approximate surface area is 105 Å². The lowest BCUT2D eigenvalue weighted by Crippen LogP contribution is -2.59. The second kappa shape index (κ2) is 5.19. The third-order valence-electron chi connectivity index (χ3n) is 3.76. The summed E-state index contributed by atoms with van der Waals surface area (Å²) in [4.78, 5) is 13.7. The summed E-state index contributed by atoms with van der Waals surface area (Å²) in [6, 6.07) is 2.14. The van der Waals surface area contributed by atoms with Crippen molar-refractivity contribution in [3.8, 4) is 6.07 Å². The minimum atomic E-state index is -2.80. The van der Waals surface area contributed by atoms with Crippen molar-refractivity contribution in [3.05, 3.63) is 0 Å². The van der Waals surface area contributed by atoms with Crippen LogP contribution in [-0.4, -0.2) is 36.6 Å². The van der Waals surface area contributed by atoms with E-state index in [1.165, 1.54) is 4.90 Å². The summed E-state index contributed by atoms with van der Waals surface area (Å²) in [6.45, 7) is -2.45. The van der Waals surface area contributed by atoms with Crippen LogP contribution in [0.4, 0.5) is 8.78 Å². The first kappa shape index (κ1) is 13.2. The summed E-state index contributed by atoms with van der Waals surface area (Å²) in [5.74, 6) is -0.209. The largest absolute Gasteiger partial charge is 0.345 e. The van der Waals surface area contributed by atoms with Crippen LogP contribution < -0.4 is 0 Å². The molecule has 0 aromatic heterocycles. The second-order valence-corrected chi connectivity index (χ2v) is 4.98. The van der Waals surface area contributed by atoms with Gasteiger partial charge in [-0.05, 0) is 12.8 Å². The van der Waals surface area contributed by atoms with Gasteiger partial charge >= 0.3 is 6.61 Å². The zero-order chi connectivity index (χ0) is 13.2. The molecule has 6 heteroatoms. The highest BCUT2D eigenvalue weighted by atomic mass is 19.3. The van der Waals surface area contributed by atoms with Crippen molar-refractivity contribution in [2.75, 3.05) is 13.1 Å². The Bertz CT molecular complexity index is 356. The number of nitrogens with zero attached hydrogens (tertiary/aromatic N) is 2. The van der Waals surface area contributed by atoms with Crippen molar-refractivity contribution in [2.24, 2.45) is 5.41 Å². The Kier molecular flexibility index (Phi) is 3.81. The van der Waals surface area contributed by atoms with E-state index in [1.54, 1.807) is 0 Å². The highest BCUT2D eigenvalue weighted by molar-refractivity contribution is 5.86. The number of hydrogen-bond donors (Lipinski definition) is 0. The smallest absolute Gasteiger partial charge is 0.336 e. The average Bonchev–Trinajstić information content (AvgIpc) is 2.33. The van der Waals surface area contributed by atoms with Gasteiger partial charge in [0.2, 0.25) is 5.91 Å². The Morgan fingerprint density at radius 2 is 1.94 bits per heavy atom. The zero-order valence-electron chi connectivity index (χ0n) is 10.1.